The third-order valence-corrected chi connectivity index (χ3v) is 12.6. The summed E-state index contributed by atoms with van der Waals surface area (Å²) in [6, 6.07) is 0. The average molecular weight is 958 g/mol. The van der Waals surface area contributed by atoms with Crippen molar-refractivity contribution in [2.45, 2.75) is 290 Å². The van der Waals surface area contributed by atoms with Crippen molar-refractivity contribution < 1.29 is 33.4 Å². The van der Waals surface area contributed by atoms with Crippen LogP contribution in [0.25, 0.3) is 0 Å². The van der Waals surface area contributed by atoms with Gasteiger partial charge in [0.25, 0.3) is 0 Å². The minimum atomic E-state index is -0.797. The minimum absolute atomic E-state index is 0.0925. The van der Waals surface area contributed by atoms with Crippen LogP contribution in [0.5, 0.6) is 0 Å². The number of nitrogens with one attached hydrogen (secondary N) is 1. The summed E-state index contributed by atoms with van der Waals surface area (Å²) in [6.45, 7) is 5.36. The van der Waals surface area contributed by atoms with Gasteiger partial charge in [-0.25, -0.2) is 0 Å². The fourth-order valence-electron chi connectivity index (χ4n) is 8.27. The molecule has 1 atom stereocenters. The molecule has 0 aliphatic heterocycles. The largest absolute Gasteiger partial charge is 0.462 e. The van der Waals surface area contributed by atoms with Crippen LogP contribution in [0.3, 0.4) is 0 Å². The first-order chi connectivity index (χ1) is 33.4. The molecule has 0 rings (SSSR count). The van der Waals surface area contributed by atoms with E-state index in [1.807, 2.05) is 0 Å². The van der Waals surface area contributed by atoms with Gasteiger partial charge >= 0.3 is 17.9 Å². The highest BCUT2D eigenvalue weighted by atomic mass is 16.6. The van der Waals surface area contributed by atoms with Crippen molar-refractivity contribution in [3.8, 4) is 0 Å². The Kier molecular flexibility index (Phi) is 52.6. The van der Waals surface area contributed by atoms with E-state index in [4.69, 9.17) is 19.9 Å². The molecule has 68 heavy (non-hydrogen) atoms. The fraction of sp³-hybridized carbons (Fsp3) is 0.831. The zero-order valence-electron chi connectivity index (χ0n) is 44.5. The zero-order valence-corrected chi connectivity index (χ0v) is 44.5. The SMILES string of the molecule is CCCCC/C=C\C/C=C\CCCCCCCC(=O)OC(COC(=O)CCCCCCC/C=C\CCCCCCCC(=O)NCCN)COC(=O)CCCCCCCCCCCCCCCCC. The number of ether oxygens (including phenoxy) is 3. The van der Waals surface area contributed by atoms with Gasteiger partial charge in [0.1, 0.15) is 13.2 Å². The van der Waals surface area contributed by atoms with Crippen molar-refractivity contribution in [2.75, 3.05) is 26.3 Å². The maximum Gasteiger partial charge on any atom is 0.306 e. The molecule has 0 aromatic rings. The van der Waals surface area contributed by atoms with E-state index in [9.17, 15) is 19.2 Å². The van der Waals surface area contributed by atoms with Gasteiger partial charge < -0.3 is 25.3 Å². The molecule has 0 aliphatic rings. The predicted molar refractivity (Wildman–Crippen MR) is 287 cm³/mol. The summed E-state index contributed by atoms with van der Waals surface area (Å²) in [5.41, 5.74) is 5.42. The van der Waals surface area contributed by atoms with Crippen LogP contribution >= 0.6 is 0 Å². The molecule has 9 nitrogen and oxygen atoms in total. The van der Waals surface area contributed by atoms with Crippen molar-refractivity contribution in [1.82, 2.24) is 5.32 Å². The summed E-state index contributed by atoms with van der Waals surface area (Å²) in [7, 11) is 0. The van der Waals surface area contributed by atoms with Crippen LogP contribution in [0.1, 0.15) is 284 Å². The maximum absolute atomic E-state index is 12.8. The monoisotopic (exact) mass is 957 g/mol. The number of allylic oxidation sites excluding steroid dienone is 6. The Hall–Kier alpha value is -2.94. The van der Waals surface area contributed by atoms with Crippen LogP contribution in [0, 0.1) is 0 Å². The topological polar surface area (TPSA) is 134 Å². The molecular formula is C59H108N2O7. The van der Waals surface area contributed by atoms with Gasteiger partial charge in [-0.05, 0) is 83.5 Å². The lowest BCUT2D eigenvalue weighted by molar-refractivity contribution is -0.167. The van der Waals surface area contributed by atoms with Gasteiger partial charge in [-0.15, -0.1) is 0 Å². The highest BCUT2D eigenvalue weighted by Gasteiger charge is 2.19. The molecule has 0 aromatic heterocycles. The molecule has 0 aromatic carbocycles. The molecule has 9 heteroatoms. The summed E-state index contributed by atoms with van der Waals surface area (Å²) in [6.07, 6.45) is 58.6. The third-order valence-electron chi connectivity index (χ3n) is 12.6. The number of nitrogens with two attached hydrogens (primary N) is 1. The van der Waals surface area contributed by atoms with Gasteiger partial charge in [0.2, 0.25) is 5.91 Å². The smallest absolute Gasteiger partial charge is 0.306 e. The zero-order chi connectivity index (χ0) is 49.5. The average Bonchev–Trinajstić information content (AvgIpc) is 3.33. The number of unbranched alkanes of at least 4 members (excludes halogenated alkanes) is 32. The quantitative estimate of drug-likeness (QED) is 0.0266. The second-order valence-corrected chi connectivity index (χ2v) is 19.4. The van der Waals surface area contributed by atoms with Gasteiger partial charge in [0, 0.05) is 38.8 Å². The molecule has 0 radical (unpaired) electrons. The van der Waals surface area contributed by atoms with E-state index in [0.29, 0.717) is 38.8 Å². The molecule has 0 aliphatic carbocycles. The van der Waals surface area contributed by atoms with Crippen LogP contribution in [0.2, 0.25) is 0 Å². The number of hydrogen-bond donors (Lipinski definition) is 2. The van der Waals surface area contributed by atoms with Crippen LogP contribution in [-0.4, -0.2) is 56.2 Å². The number of carbonyl (C=O) groups is 4. The summed E-state index contributed by atoms with van der Waals surface area (Å²) in [5.74, 6) is -0.823. The van der Waals surface area contributed by atoms with E-state index < -0.39 is 6.10 Å². The maximum atomic E-state index is 12.8. The van der Waals surface area contributed by atoms with Gasteiger partial charge in [-0.1, -0.05) is 211 Å². The molecule has 1 unspecified atom stereocenters. The van der Waals surface area contributed by atoms with Crippen molar-refractivity contribution >= 4 is 23.8 Å². The Morgan fingerprint density at radius 2 is 0.706 bits per heavy atom. The first-order valence-corrected chi connectivity index (χ1v) is 28.8. The van der Waals surface area contributed by atoms with Crippen LogP contribution in [0.15, 0.2) is 36.5 Å². The lowest BCUT2D eigenvalue weighted by Gasteiger charge is -2.18. The molecule has 0 saturated heterocycles. The summed E-state index contributed by atoms with van der Waals surface area (Å²) in [5, 5.41) is 2.82. The van der Waals surface area contributed by atoms with E-state index in [2.05, 4.69) is 55.6 Å². The highest BCUT2D eigenvalue weighted by molar-refractivity contribution is 5.75. The highest BCUT2D eigenvalue weighted by Crippen LogP contribution is 2.16. The Morgan fingerprint density at radius 3 is 1.10 bits per heavy atom. The molecule has 396 valence electrons. The molecular weight excluding hydrogens is 849 g/mol. The number of rotatable bonds is 53. The molecule has 0 fully saturated rings. The van der Waals surface area contributed by atoms with E-state index >= 15 is 0 Å². The molecule has 0 spiro atoms. The van der Waals surface area contributed by atoms with E-state index in [1.54, 1.807) is 0 Å². The summed E-state index contributed by atoms with van der Waals surface area (Å²) >= 11 is 0. The predicted octanol–water partition coefficient (Wildman–Crippen LogP) is 16.2. The second-order valence-electron chi connectivity index (χ2n) is 19.4. The Morgan fingerprint density at radius 1 is 0.397 bits per heavy atom. The standard InChI is InChI=1S/C59H108N2O7/c1-3-5-7-9-11-13-15-17-19-24-28-32-36-40-44-48-57(63)66-53-55(68-59(65)50-46-42-38-34-30-26-20-18-16-14-12-10-8-6-4-2)54-67-58(64)49-45-41-37-33-29-25-22-21-23-27-31-35-39-43-47-56(62)61-52-51-60/h12,14,18,20-22,55H,3-11,13,15-17,19,23-54,60H2,1-2H3,(H,61,62)/b14-12-,20-18-,22-21-. The number of carbonyl (C=O) groups excluding carboxylic acids is 4. The first-order valence-electron chi connectivity index (χ1n) is 28.8. The lowest BCUT2D eigenvalue weighted by atomic mass is 10.0. The Balaban J connectivity index is 4.37. The first kappa shape index (κ1) is 65.1. The summed E-state index contributed by atoms with van der Waals surface area (Å²) < 4.78 is 16.8. The third kappa shape index (κ3) is 52.4. The Bertz CT molecular complexity index is 1220. The van der Waals surface area contributed by atoms with Gasteiger partial charge in [-0.2, -0.15) is 0 Å². The van der Waals surface area contributed by atoms with Gasteiger partial charge in [0.05, 0.1) is 0 Å². The number of hydrogen-bond acceptors (Lipinski definition) is 8. The Labute approximate surface area is 419 Å². The van der Waals surface area contributed by atoms with Crippen LogP contribution in [0.4, 0.5) is 0 Å². The normalized spacial score (nSPS) is 12.1. The second kappa shape index (κ2) is 55.0. The van der Waals surface area contributed by atoms with E-state index in [-0.39, 0.29) is 37.0 Å². The molecule has 0 saturated carbocycles. The number of esters is 3. The van der Waals surface area contributed by atoms with Crippen molar-refractivity contribution in [3.63, 3.8) is 0 Å². The minimum Gasteiger partial charge on any atom is -0.462 e. The van der Waals surface area contributed by atoms with Crippen LogP contribution < -0.4 is 11.1 Å². The number of amides is 1. The molecule has 1 amide bonds. The molecule has 0 bridgehead atoms. The van der Waals surface area contributed by atoms with Gasteiger partial charge in [0.15, 0.2) is 6.10 Å². The molecule has 3 N–H and O–H groups in total. The van der Waals surface area contributed by atoms with Gasteiger partial charge in [-0.3, -0.25) is 19.2 Å². The van der Waals surface area contributed by atoms with Crippen molar-refractivity contribution in [2.24, 2.45) is 5.73 Å². The van der Waals surface area contributed by atoms with Crippen LogP contribution in [-0.2, 0) is 33.4 Å². The van der Waals surface area contributed by atoms with Crippen molar-refractivity contribution in [3.05, 3.63) is 36.5 Å². The fourth-order valence-corrected chi connectivity index (χ4v) is 8.27. The lowest BCUT2D eigenvalue weighted by Crippen LogP contribution is -2.30. The van der Waals surface area contributed by atoms with E-state index in [1.165, 1.54) is 122 Å². The van der Waals surface area contributed by atoms with E-state index in [0.717, 1.165) is 122 Å². The van der Waals surface area contributed by atoms with Crippen molar-refractivity contribution in [1.29, 1.82) is 0 Å². The molecule has 0 heterocycles. The summed E-state index contributed by atoms with van der Waals surface area (Å²) in [4.78, 5) is 49.8.